The van der Waals surface area contributed by atoms with Crippen LogP contribution in [-0.4, -0.2) is 23.7 Å². The van der Waals surface area contributed by atoms with E-state index in [1.807, 2.05) is 0 Å². The largest absolute Gasteiger partial charge is 0.392 e. The molecule has 5 rings (SSSR count). The molecule has 3 aliphatic rings. The molecule has 1 N–H and O–H groups in total. The Morgan fingerprint density at radius 1 is 1.06 bits per heavy atom. The number of para-hydroxylation sites is 1. The molecule has 186 valence electrons. The Bertz CT molecular complexity index is 1170. The van der Waals surface area contributed by atoms with E-state index in [2.05, 4.69) is 103 Å². The zero-order chi connectivity index (χ0) is 25.1. The van der Waals surface area contributed by atoms with Crippen LogP contribution in [0.1, 0.15) is 85.4 Å². The van der Waals surface area contributed by atoms with Gasteiger partial charge in [0.05, 0.1) is 6.10 Å². The molecule has 0 amide bonds. The smallest absolute Gasteiger partial charge is 0.161 e. The molecule has 3 aliphatic carbocycles. The van der Waals surface area contributed by atoms with Gasteiger partial charge in [-0.05, 0) is 65.5 Å². The Hall–Kier alpha value is -1.32. The summed E-state index contributed by atoms with van der Waals surface area (Å²) in [6.07, 6.45) is 7.36. The van der Waals surface area contributed by atoms with Crippen molar-refractivity contribution in [2.75, 3.05) is 0 Å². The van der Waals surface area contributed by atoms with Crippen LogP contribution in [0.15, 0.2) is 36.9 Å². The maximum atomic E-state index is 11.2. The van der Waals surface area contributed by atoms with Crippen molar-refractivity contribution in [1.82, 2.24) is 4.23 Å². The molecule has 2 aromatic rings. The predicted octanol–water partition coefficient (Wildman–Crippen LogP) is 8.08. The maximum Gasteiger partial charge on any atom is 0.161 e. The summed E-state index contributed by atoms with van der Waals surface area (Å²) in [6, 6.07) is 9.25. The van der Waals surface area contributed by atoms with Gasteiger partial charge in [-0.1, -0.05) is 85.8 Å². The van der Waals surface area contributed by atoms with Crippen molar-refractivity contribution >= 4 is 19.1 Å². The molecule has 34 heavy (non-hydrogen) atoms. The van der Waals surface area contributed by atoms with Gasteiger partial charge in [0.1, 0.15) is 0 Å². The molecule has 2 nitrogen and oxygen atoms in total. The number of nitrogens with zero attached hydrogens (tertiary/aromatic N) is 1. The molecule has 0 aliphatic heterocycles. The average Bonchev–Trinajstić information content (AvgIpc) is 3.20. The second-order valence-electron chi connectivity index (χ2n) is 14.5. The van der Waals surface area contributed by atoms with E-state index in [0.717, 1.165) is 12.8 Å². The summed E-state index contributed by atoms with van der Waals surface area (Å²) >= 11 is 0. The van der Waals surface area contributed by atoms with Gasteiger partial charge < -0.3 is 9.34 Å². The molecule has 2 saturated carbocycles. The van der Waals surface area contributed by atoms with Crippen molar-refractivity contribution in [2.24, 2.45) is 22.2 Å². The van der Waals surface area contributed by atoms with Gasteiger partial charge in [0.15, 0.2) is 8.24 Å². The van der Waals surface area contributed by atoms with Crippen molar-refractivity contribution in [3.63, 3.8) is 0 Å². The zero-order valence-electron chi connectivity index (χ0n) is 23.2. The van der Waals surface area contributed by atoms with Gasteiger partial charge in [-0.2, -0.15) is 0 Å². The molecule has 1 aromatic carbocycles. The third-order valence-electron chi connectivity index (χ3n) is 12.4. The first-order valence-electron chi connectivity index (χ1n) is 13.6. The van der Waals surface area contributed by atoms with Crippen LogP contribution in [0.25, 0.3) is 10.9 Å². The standard InChI is InChI=1S/C31H47NOSi/c1-11-29(6)24-16-18-28(5)20-22-21-14-12-13-15-23(21)32(34(9,10)27(2,3)4)26(22)31(28,8)30(24,7)19-17-25(29)33/h11-15,24-25,33H,1,16-20H2,2-10H3/t24-,25-,28-,29-,30-,31-/m0/s1. The van der Waals surface area contributed by atoms with Crippen LogP contribution in [0.3, 0.4) is 0 Å². The van der Waals surface area contributed by atoms with Crippen LogP contribution in [-0.2, 0) is 11.8 Å². The van der Waals surface area contributed by atoms with E-state index in [1.165, 1.54) is 30.2 Å². The highest BCUT2D eigenvalue weighted by molar-refractivity contribution is 6.79. The minimum atomic E-state index is -1.91. The SMILES string of the molecule is C=C[C@]1(C)[C@@H](O)CC[C@@]2(C)[C@H]1CC[C@@]1(C)Cc3c(n([Si](C)(C)C(C)(C)C)c4ccccc34)[C@@]12C. The van der Waals surface area contributed by atoms with Crippen molar-refractivity contribution < 1.29 is 5.11 Å². The van der Waals surface area contributed by atoms with Gasteiger partial charge >= 0.3 is 0 Å². The second kappa shape index (κ2) is 6.91. The summed E-state index contributed by atoms with van der Waals surface area (Å²) in [5, 5.41) is 12.9. The summed E-state index contributed by atoms with van der Waals surface area (Å²) in [5.41, 5.74) is 4.90. The van der Waals surface area contributed by atoms with Crippen molar-refractivity contribution in [3.8, 4) is 0 Å². The van der Waals surface area contributed by atoms with Gasteiger partial charge in [-0.25, -0.2) is 0 Å². The molecular weight excluding hydrogens is 430 g/mol. The number of benzene rings is 1. The van der Waals surface area contributed by atoms with Gasteiger partial charge in [-0.3, -0.25) is 0 Å². The van der Waals surface area contributed by atoms with Crippen LogP contribution >= 0.6 is 0 Å². The van der Waals surface area contributed by atoms with E-state index in [4.69, 9.17) is 0 Å². The van der Waals surface area contributed by atoms with Crippen molar-refractivity contribution in [3.05, 3.63) is 48.2 Å². The lowest BCUT2D eigenvalue weighted by Gasteiger charge is -2.67. The molecule has 0 unspecified atom stereocenters. The molecule has 6 atom stereocenters. The topological polar surface area (TPSA) is 25.2 Å². The van der Waals surface area contributed by atoms with E-state index in [9.17, 15) is 5.11 Å². The number of aromatic nitrogens is 1. The lowest BCUT2D eigenvalue weighted by Crippen LogP contribution is -2.65. The fourth-order valence-corrected chi connectivity index (χ4v) is 11.3. The highest BCUT2D eigenvalue weighted by atomic mass is 28.3. The Labute approximate surface area is 208 Å². The minimum Gasteiger partial charge on any atom is -0.392 e. The first kappa shape index (κ1) is 24.4. The Kier molecular flexibility index (Phi) is 4.95. The third-order valence-corrected chi connectivity index (χ3v) is 17.6. The van der Waals surface area contributed by atoms with Gasteiger partial charge in [0.25, 0.3) is 0 Å². The van der Waals surface area contributed by atoms with Crippen LogP contribution in [0.2, 0.25) is 18.1 Å². The Morgan fingerprint density at radius 2 is 1.71 bits per heavy atom. The molecule has 0 bridgehead atoms. The fraction of sp³-hybridized carbons (Fsp3) is 0.677. The van der Waals surface area contributed by atoms with Crippen LogP contribution in [0, 0.1) is 22.2 Å². The second-order valence-corrected chi connectivity index (χ2v) is 19.5. The zero-order valence-corrected chi connectivity index (χ0v) is 24.2. The van der Waals surface area contributed by atoms with Crippen molar-refractivity contribution in [2.45, 2.75) is 110 Å². The lowest BCUT2D eigenvalue weighted by atomic mass is 9.37. The van der Waals surface area contributed by atoms with E-state index in [1.54, 1.807) is 11.3 Å². The number of hydrogen-bond donors (Lipinski definition) is 1. The van der Waals surface area contributed by atoms with E-state index >= 15 is 0 Å². The van der Waals surface area contributed by atoms with E-state index in [0.29, 0.717) is 5.92 Å². The molecule has 3 heteroatoms. The normalized spacial score (nSPS) is 40.1. The Morgan fingerprint density at radius 3 is 2.32 bits per heavy atom. The van der Waals surface area contributed by atoms with Gasteiger partial charge in [-0.15, -0.1) is 6.58 Å². The van der Waals surface area contributed by atoms with Crippen LogP contribution < -0.4 is 0 Å². The lowest BCUT2D eigenvalue weighted by molar-refractivity contribution is -0.166. The van der Waals surface area contributed by atoms with Crippen molar-refractivity contribution in [1.29, 1.82) is 0 Å². The molecule has 0 radical (unpaired) electrons. The number of hydrogen-bond acceptors (Lipinski definition) is 1. The maximum absolute atomic E-state index is 11.2. The van der Waals surface area contributed by atoms with Crippen LogP contribution in [0.4, 0.5) is 0 Å². The number of aliphatic hydroxyl groups is 1. The van der Waals surface area contributed by atoms with Gasteiger partial charge in [0.2, 0.25) is 0 Å². The number of rotatable bonds is 2. The quantitative estimate of drug-likeness (QED) is 0.343. The molecule has 1 heterocycles. The van der Waals surface area contributed by atoms with E-state index < -0.39 is 8.24 Å². The summed E-state index contributed by atoms with van der Waals surface area (Å²) in [4.78, 5) is 0. The number of fused-ring (bicyclic) bond motifs is 7. The highest BCUT2D eigenvalue weighted by Gasteiger charge is 2.70. The molecular formula is C31H47NOSi. The first-order valence-corrected chi connectivity index (χ1v) is 16.5. The molecule has 0 saturated heterocycles. The number of aliphatic hydroxyl groups excluding tert-OH is 1. The summed E-state index contributed by atoms with van der Waals surface area (Å²) in [6.45, 7) is 26.9. The van der Waals surface area contributed by atoms with E-state index in [-0.39, 0.29) is 32.8 Å². The summed E-state index contributed by atoms with van der Waals surface area (Å²) in [5.74, 6) is 0.441. The molecule has 1 aromatic heterocycles. The predicted molar refractivity (Wildman–Crippen MR) is 148 cm³/mol. The highest BCUT2D eigenvalue weighted by Crippen LogP contribution is 2.74. The summed E-state index contributed by atoms with van der Waals surface area (Å²) < 4.78 is 2.91. The minimum absolute atomic E-state index is 0.0528. The van der Waals surface area contributed by atoms with Crippen LogP contribution in [0.5, 0.6) is 0 Å². The van der Waals surface area contributed by atoms with Gasteiger partial charge in [0, 0.05) is 27.4 Å². The Balaban J connectivity index is 1.87. The molecule has 0 spiro atoms. The fourth-order valence-electron chi connectivity index (χ4n) is 8.89. The monoisotopic (exact) mass is 477 g/mol. The summed E-state index contributed by atoms with van der Waals surface area (Å²) in [7, 11) is -1.91. The average molecular weight is 478 g/mol. The molecule has 2 fully saturated rings. The third kappa shape index (κ3) is 2.56. The first-order chi connectivity index (χ1) is 15.6.